The fourth-order valence-corrected chi connectivity index (χ4v) is 2.66. The minimum Gasteiger partial charge on any atom is -0.380 e. The lowest BCUT2D eigenvalue weighted by molar-refractivity contribution is -0.139. The second kappa shape index (κ2) is 5.52. The average Bonchev–Trinajstić information content (AvgIpc) is 2.84. The standard InChI is InChI=1S/C16H22FNO2/c1-15(2,12-6-5-7-13(17)10-12)11-18-14(19)16(20)8-3-4-9-16/h5-7,10,20H,3-4,8-9,11H2,1-2H3,(H,18,19). The maximum Gasteiger partial charge on any atom is 0.251 e. The molecule has 0 aliphatic heterocycles. The molecule has 3 nitrogen and oxygen atoms in total. The van der Waals surface area contributed by atoms with E-state index in [1.54, 1.807) is 6.07 Å². The molecule has 2 N–H and O–H groups in total. The fraction of sp³-hybridized carbons (Fsp3) is 0.562. The van der Waals surface area contributed by atoms with Crippen molar-refractivity contribution in [2.75, 3.05) is 6.54 Å². The minimum atomic E-state index is -1.21. The number of carbonyl (C=O) groups is 1. The third kappa shape index (κ3) is 3.18. The minimum absolute atomic E-state index is 0.281. The maximum absolute atomic E-state index is 13.3. The van der Waals surface area contributed by atoms with E-state index in [9.17, 15) is 14.3 Å². The van der Waals surface area contributed by atoms with E-state index >= 15 is 0 Å². The van der Waals surface area contributed by atoms with E-state index in [2.05, 4.69) is 5.32 Å². The van der Waals surface area contributed by atoms with Gasteiger partial charge in [-0.2, -0.15) is 0 Å². The van der Waals surface area contributed by atoms with Gasteiger partial charge in [-0.05, 0) is 43.4 Å². The van der Waals surface area contributed by atoms with Crippen LogP contribution < -0.4 is 5.32 Å². The van der Waals surface area contributed by atoms with Crippen LogP contribution in [-0.4, -0.2) is 23.2 Å². The molecule has 0 radical (unpaired) electrons. The van der Waals surface area contributed by atoms with Gasteiger partial charge in [0.05, 0.1) is 0 Å². The Kier molecular flexibility index (Phi) is 4.14. The predicted octanol–water partition coefficient (Wildman–Crippen LogP) is 2.52. The number of rotatable bonds is 4. The first kappa shape index (κ1) is 15.0. The Balaban J connectivity index is 2.00. The van der Waals surface area contributed by atoms with Crippen molar-refractivity contribution in [2.45, 2.75) is 50.5 Å². The van der Waals surface area contributed by atoms with E-state index in [1.165, 1.54) is 12.1 Å². The van der Waals surface area contributed by atoms with Gasteiger partial charge in [0.1, 0.15) is 11.4 Å². The number of aliphatic hydroxyl groups is 1. The second-order valence-corrected chi connectivity index (χ2v) is 6.32. The summed E-state index contributed by atoms with van der Waals surface area (Å²) in [5, 5.41) is 13.0. The molecular weight excluding hydrogens is 257 g/mol. The van der Waals surface area contributed by atoms with Gasteiger partial charge in [0.15, 0.2) is 0 Å². The smallest absolute Gasteiger partial charge is 0.251 e. The highest BCUT2D eigenvalue weighted by Crippen LogP contribution is 2.30. The summed E-state index contributed by atoms with van der Waals surface area (Å²) in [5.74, 6) is -0.587. The molecule has 0 spiro atoms. The highest BCUT2D eigenvalue weighted by atomic mass is 19.1. The molecular formula is C16H22FNO2. The molecule has 4 heteroatoms. The van der Waals surface area contributed by atoms with Crippen LogP contribution in [0.3, 0.4) is 0 Å². The van der Waals surface area contributed by atoms with Crippen molar-refractivity contribution in [3.05, 3.63) is 35.6 Å². The van der Waals surface area contributed by atoms with Crippen LogP contribution in [0.2, 0.25) is 0 Å². The zero-order chi connectivity index (χ0) is 14.8. The molecule has 0 saturated heterocycles. The number of amides is 1. The van der Waals surface area contributed by atoms with Crippen LogP contribution in [0.4, 0.5) is 4.39 Å². The first-order valence-corrected chi connectivity index (χ1v) is 7.10. The Bertz CT molecular complexity index is 493. The van der Waals surface area contributed by atoms with Crippen molar-refractivity contribution >= 4 is 5.91 Å². The SMILES string of the molecule is CC(C)(CNC(=O)C1(O)CCCC1)c1cccc(F)c1. The molecule has 0 bridgehead atoms. The van der Waals surface area contributed by atoms with Crippen LogP contribution in [0.25, 0.3) is 0 Å². The van der Waals surface area contributed by atoms with Gasteiger partial charge in [-0.1, -0.05) is 26.0 Å². The Morgan fingerprint density at radius 2 is 2.05 bits per heavy atom. The first-order valence-electron chi connectivity index (χ1n) is 7.10. The average molecular weight is 279 g/mol. The topological polar surface area (TPSA) is 49.3 Å². The number of carbonyl (C=O) groups excluding carboxylic acids is 1. The van der Waals surface area contributed by atoms with Crippen LogP contribution in [0.5, 0.6) is 0 Å². The van der Waals surface area contributed by atoms with Crippen LogP contribution >= 0.6 is 0 Å². The number of halogens is 1. The number of hydrogen-bond acceptors (Lipinski definition) is 2. The first-order chi connectivity index (χ1) is 9.33. The van der Waals surface area contributed by atoms with Crippen molar-refractivity contribution in [3.63, 3.8) is 0 Å². The summed E-state index contributed by atoms with van der Waals surface area (Å²) in [7, 11) is 0. The summed E-state index contributed by atoms with van der Waals surface area (Å²) in [5.41, 5.74) is -0.763. The lowest BCUT2D eigenvalue weighted by atomic mass is 9.84. The van der Waals surface area contributed by atoms with Crippen molar-refractivity contribution in [3.8, 4) is 0 Å². The fourth-order valence-electron chi connectivity index (χ4n) is 2.66. The van der Waals surface area contributed by atoms with Gasteiger partial charge < -0.3 is 10.4 Å². The molecule has 0 heterocycles. The predicted molar refractivity (Wildman–Crippen MR) is 75.9 cm³/mol. The van der Waals surface area contributed by atoms with Crippen molar-refractivity contribution in [2.24, 2.45) is 0 Å². The molecule has 110 valence electrons. The van der Waals surface area contributed by atoms with E-state index in [1.807, 2.05) is 19.9 Å². The molecule has 1 aliphatic rings. The van der Waals surface area contributed by atoms with E-state index in [-0.39, 0.29) is 17.1 Å². The van der Waals surface area contributed by atoms with Gasteiger partial charge in [-0.25, -0.2) is 4.39 Å². The lowest BCUT2D eigenvalue weighted by Crippen LogP contribution is -2.48. The molecule has 0 unspecified atom stereocenters. The van der Waals surface area contributed by atoms with E-state index in [0.717, 1.165) is 18.4 Å². The largest absolute Gasteiger partial charge is 0.380 e. The third-order valence-electron chi connectivity index (χ3n) is 4.15. The molecule has 1 fully saturated rings. The molecule has 1 amide bonds. The summed E-state index contributed by atoms with van der Waals surface area (Å²) in [6.45, 7) is 4.26. The lowest BCUT2D eigenvalue weighted by Gasteiger charge is -2.28. The monoisotopic (exact) mass is 279 g/mol. The molecule has 1 aromatic carbocycles. The quantitative estimate of drug-likeness (QED) is 0.889. The van der Waals surface area contributed by atoms with Crippen molar-refractivity contribution in [1.29, 1.82) is 0 Å². The van der Waals surface area contributed by atoms with E-state index < -0.39 is 5.60 Å². The van der Waals surface area contributed by atoms with Gasteiger partial charge in [0.25, 0.3) is 5.91 Å². The normalized spacial score (nSPS) is 18.0. The van der Waals surface area contributed by atoms with Crippen LogP contribution in [0.1, 0.15) is 45.1 Å². The van der Waals surface area contributed by atoms with Crippen LogP contribution in [0.15, 0.2) is 24.3 Å². The zero-order valence-electron chi connectivity index (χ0n) is 12.1. The van der Waals surface area contributed by atoms with E-state index in [4.69, 9.17) is 0 Å². The zero-order valence-corrected chi connectivity index (χ0v) is 12.1. The molecule has 0 aromatic heterocycles. The maximum atomic E-state index is 13.3. The number of hydrogen-bond donors (Lipinski definition) is 2. The molecule has 1 aliphatic carbocycles. The molecule has 0 atom stereocenters. The van der Waals surface area contributed by atoms with Crippen molar-refractivity contribution in [1.82, 2.24) is 5.32 Å². The Hall–Kier alpha value is -1.42. The van der Waals surface area contributed by atoms with Gasteiger partial charge in [0, 0.05) is 12.0 Å². The van der Waals surface area contributed by atoms with E-state index in [0.29, 0.717) is 19.4 Å². The molecule has 2 rings (SSSR count). The number of nitrogens with one attached hydrogen (secondary N) is 1. The highest BCUT2D eigenvalue weighted by Gasteiger charge is 2.39. The summed E-state index contributed by atoms with van der Waals surface area (Å²) in [6.07, 6.45) is 2.83. The Labute approximate surface area is 119 Å². The van der Waals surface area contributed by atoms with Gasteiger partial charge in [0.2, 0.25) is 0 Å². The molecule has 20 heavy (non-hydrogen) atoms. The highest BCUT2D eigenvalue weighted by molar-refractivity contribution is 5.85. The molecule has 1 aromatic rings. The van der Waals surface area contributed by atoms with Gasteiger partial charge >= 0.3 is 0 Å². The summed E-state index contributed by atoms with van der Waals surface area (Å²) in [4.78, 5) is 12.1. The molecule has 1 saturated carbocycles. The number of benzene rings is 1. The van der Waals surface area contributed by atoms with Crippen LogP contribution in [-0.2, 0) is 10.2 Å². The second-order valence-electron chi connectivity index (χ2n) is 6.32. The van der Waals surface area contributed by atoms with Crippen LogP contribution in [0, 0.1) is 5.82 Å². The van der Waals surface area contributed by atoms with Crippen molar-refractivity contribution < 1.29 is 14.3 Å². The summed E-state index contributed by atoms with van der Waals surface area (Å²) in [6, 6.07) is 6.40. The van der Waals surface area contributed by atoms with Gasteiger partial charge in [-0.3, -0.25) is 4.79 Å². The Morgan fingerprint density at radius 3 is 2.65 bits per heavy atom. The summed E-state index contributed by atoms with van der Waals surface area (Å²) >= 11 is 0. The Morgan fingerprint density at radius 1 is 1.40 bits per heavy atom. The summed E-state index contributed by atoms with van der Waals surface area (Å²) < 4.78 is 13.3. The van der Waals surface area contributed by atoms with Gasteiger partial charge in [-0.15, -0.1) is 0 Å². The third-order valence-corrected chi connectivity index (χ3v) is 4.15.